The Hall–Kier alpha value is -2.28. The molecule has 7 nitrogen and oxygen atoms in total. The molecule has 0 bridgehead atoms. The number of rotatable bonds is 4. The average molecular weight is 261 g/mol. The number of nitrogens with zero attached hydrogens (tertiary/aromatic N) is 3. The lowest BCUT2D eigenvalue weighted by molar-refractivity contribution is -0.384. The van der Waals surface area contributed by atoms with Crippen molar-refractivity contribution in [2.45, 2.75) is 19.9 Å². The number of para-hydroxylation sites is 1. The van der Waals surface area contributed by atoms with Gasteiger partial charge in [-0.3, -0.25) is 15.2 Å². The highest BCUT2D eigenvalue weighted by atomic mass is 16.6. The van der Waals surface area contributed by atoms with Gasteiger partial charge in [0.1, 0.15) is 5.82 Å². The lowest BCUT2D eigenvalue weighted by atomic mass is 10.1. The minimum absolute atomic E-state index is 0.0221. The number of nitro benzene ring substituents is 1. The fraction of sp³-hybridized carbons (Fsp3) is 0.333. The summed E-state index contributed by atoms with van der Waals surface area (Å²) in [4.78, 5) is 14.8. The van der Waals surface area contributed by atoms with Crippen molar-refractivity contribution in [2.75, 3.05) is 0 Å². The van der Waals surface area contributed by atoms with Crippen LogP contribution in [0.4, 0.5) is 5.69 Å². The first kappa shape index (κ1) is 13.2. The van der Waals surface area contributed by atoms with E-state index in [1.165, 1.54) is 6.07 Å². The van der Waals surface area contributed by atoms with Gasteiger partial charge < -0.3 is 5.73 Å². The Balaban J connectivity index is 2.41. The van der Waals surface area contributed by atoms with Gasteiger partial charge in [0.2, 0.25) is 0 Å². The number of nitro groups is 1. The summed E-state index contributed by atoms with van der Waals surface area (Å²) in [6.45, 7) is 3.94. The highest BCUT2D eigenvalue weighted by Gasteiger charge is 2.20. The summed E-state index contributed by atoms with van der Waals surface area (Å²) in [5.74, 6) is 1.02. The van der Waals surface area contributed by atoms with E-state index in [9.17, 15) is 10.1 Å². The molecule has 0 spiro atoms. The van der Waals surface area contributed by atoms with Gasteiger partial charge in [0, 0.05) is 6.07 Å². The predicted molar refractivity (Wildman–Crippen MR) is 70.2 cm³/mol. The van der Waals surface area contributed by atoms with Gasteiger partial charge in [0.15, 0.2) is 5.82 Å². The summed E-state index contributed by atoms with van der Waals surface area (Å²) in [6.07, 6.45) is 0. The molecular weight excluding hydrogens is 246 g/mol. The largest absolute Gasteiger partial charge is 0.321 e. The van der Waals surface area contributed by atoms with Crippen molar-refractivity contribution >= 4 is 5.69 Å². The first-order valence-electron chi connectivity index (χ1n) is 5.92. The summed E-state index contributed by atoms with van der Waals surface area (Å²) >= 11 is 0. The van der Waals surface area contributed by atoms with Crippen LogP contribution >= 0.6 is 0 Å². The maximum atomic E-state index is 11.0. The topological polar surface area (TPSA) is 111 Å². The van der Waals surface area contributed by atoms with Gasteiger partial charge in [-0.2, -0.15) is 5.10 Å². The molecule has 0 aliphatic heterocycles. The number of nitrogens with two attached hydrogens (primary N) is 1. The third kappa shape index (κ3) is 2.60. The van der Waals surface area contributed by atoms with E-state index in [0.29, 0.717) is 17.2 Å². The molecule has 0 fully saturated rings. The van der Waals surface area contributed by atoms with Crippen LogP contribution in [0.1, 0.15) is 25.7 Å². The quantitative estimate of drug-likeness (QED) is 0.646. The summed E-state index contributed by atoms with van der Waals surface area (Å²) in [7, 11) is 0. The van der Waals surface area contributed by atoms with Gasteiger partial charge in [-0.05, 0) is 12.0 Å². The molecule has 0 radical (unpaired) electrons. The van der Waals surface area contributed by atoms with Gasteiger partial charge in [-0.1, -0.05) is 26.0 Å². The first-order chi connectivity index (χ1) is 9.00. The lowest BCUT2D eigenvalue weighted by Crippen LogP contribution is -2.18. The summed E-state index contributed by atoms with van der Waals surface area (Å²) < 4.78 is 0. The average Bonchev–Trinajstić information content (AvgIpc) is 2.87. The predicted octanol–water partition coefficient (Wildman–Crippen LogP) is 2.04. The number of hydrogen-bond acceptors (Lipinski definition) is 5. The Kier molecular flexibility index (Phi) is 3.57. The van der Waals surface area contributed by atoms with Crippen LogP contribution in [-0.4, -0.2) is 20.1 Å². The van der Waals surface area contributed by atoms with Crippen molar-refractivity contribution in [1.29, 1.82) is 0 Å². The molecule has 0 saturated heterocycles. The van der Waals surface area contributed by atoms with Gasteiger partial charge in [-0.25, -0.2) is 4.98 Å². The molecule has 0 saturated carbocycles. The minimum atomic E-state index is -0.451. The number of aromatic amines is 1. The van der Waals surface area contributed by atoms with Crippen molar-refractivity contribution in [3.8, 4) is 11.4 Å². The normalized spacial score (nSPS) is 12.6. The molecule has 0 aliphatic carbocycles. The van der Waals surface area contributed by atoms with Crippen LogP contribution in [0.5, 0.6) is 0 Å². The monoisotopic (exact) mass is 261 g/mol. The van der Waals surface area contributed by atoms with E-state index >= 15 is 0 Å². The zero-order valence-electron chi connectivity index (χ0n) is 10.7. The maximum Gasteiger partial charge on any atom is 0.280 e. The Morgan fingerprint density at radius 3 is 2.68 bits per heavy atom. The Morgan fingerprint density at radius 2 is 2.05 bits per heavy atom. The fourth-order valence-electron chi connectivity index (χ4n) is 1.68. The number of benzene rings is 1. The van der Waals surface area contributed by atoms with E-state index in [4.69, 9.17) is 5.73 Å². The number of H-pyrrole nitrogens is 1. The smallest absolute Gasteiger partial charge is 0.280 e. The fourth-order valence-corrected chi connectivity index (χ4v) is 1.68. The molecule has 0 aliphatic rings. The summed E-state index contributed by atoms with van der Waals surface area (Å²) in [5.41, 5.74) is 6.32. The Labute approximate surface area is 110 Å². The van der Waals surface area contributed by atoms with Crippen LogP contribution in [0.3, 0.4) is 0 Å². The van der Waals surface area contributed by atoms with Gasteiger partial charge in [0.05, 0.1) is 16.5 Å². The minimum Gasteiger partial charge on any atom is -0.321 e. The van der Waals surface area contributed by atoms with Crippen LogP contribution in [0, 0.1) is 16.0 Å². The van der Waals surface area contributed by atoms with E-state index in [0.717, 1.165) is 0 Å². The van der Waals surface area contributed by atoms with Crippen LogP contribution in [0.2, 0.25) is 0 Å². The van der Waals surface area contributed by atoms with Crippen molar-refractivity contribution in [3.05, 3.63) is 40.2 Å². The van der Waals surface area contributed by atoms with E-state index in [-0.39, 0.29) is 17.6 Å². The van der Waals surface area contributed by atoms with E-state index in [1.54, 1.807) is 18.2 Å². The maximum absolute atomic E-state index is 11.0. The first-order valence-corrected chi connectivity index (χ1v) is 5.92. The van der Waals surface area contributed by atoms with E-state index in [1.807, 2.05) is 13.8 Å². The van der Waals surface area contributed by atoms with Crippen LogP contribution in [0.15, 0.2) is 24.3 Å². The van der Waals surface area contributed by atoms with Gasteiger partial charge >= 0.3 is 0 Å². The summed E-state index contributed by atoms with van der Waals surface area (Å²) in [6, 6.07) is 6.08. The zero-order chi connectivity index (χ0) is 14.0. The molecule has 2 aromatic rings. The zero-order valence-corrected chi connectivity index (χ0v) is 10.7. The molecule has 100 valence electrons. The molecule has 0 amide bonds. The number of aromatic nitrogens is 3. The number of nitrogens with one attached hydrogen (secondary N) is 1. The van der Waals surface area contributed by atoms with E-state index in [2.05, 4.69) is 15.2 Å². The Morgan fingerprint density at radius 1 is 1.37 bits per heavy atom. The van der Waals surface area contributed by atoms with Crippen LogP contribution < -0.4 is 5.73 Å². The molecule has 3 N–H and O–H groups in total. The third-order valence-corrected chi connectivity index (χ3v) is 2.88. The van der Waals surface area contributed by atoms with Gasteiger partial charge in [0.25, 0.3) is 5.69 Å². The van der Waals surface area contributed by atoms with Crippen molar-refractivity contribution in [3.63, 3.8) is 0 Å². The molecule has 19 heavy (non-hydrogen) atoms. The molecule has 2 rings (SSSR count). The molecule has 1 aromatic carbocycles. The Bertz CT molecular complexity index is 593. The van der Waals surface area contributed by atoms with Crippen molar-refractivity contribution in [2.24, 2.45) is 11.7 Å². The highest BCUT2D eigenvalue weighted by molar-refractivity contribution is 5.67. The molecule has 1 atom stereocenters. The van der Waals surface area contributed by atoms with Crippen LogP contribution in [-0.2, 0) is 0 Å². The molecule has 7 heteroatoms. The second kappa shape index (κ2) is 5.15. The standard InChI is InChI=1S/C12H15N5O2/c1-7(2)10(13)12-14-11(15-16-12)8-5-3-4-6-9(8)17(18)19/h3-7,10H,13H2,1-2H3,(H,14,15,16)/t10-/m1/s1. The SMILES string of the molecule is CC(C)[C@@H](N)c1nc(-c2ccccc2[N+](=O)[O-])n[nH]1. The molecule has 0 unspecified atom stereocenters. The van der Waals surface area contributed by atoms with Crippen LogP contribution in [0.25, 0.3) is 11.4 Å². The second-order valence-corrected chi connectivity index (χ2v) is 4.59. The van der Waals surface area contributed by atoms with E-state index < -0.39 is 4.92 Å². The molecule has 1 aromatic heterocycles. The summed E-state index contributed by atoms with van der Waals surface area (Å²) in [5, 5.41) is 17.7. The van der Waals surface area contributed by atoms with Gasteiger partial charge in [-0.15, -0.1) is 0 Å². The van der Waals surface area contributed by atoms with Crippen molar-refractivity contribution in [1.82, 2.24) is 15.2 Å². The lowest BCUT2D eigenvalue weighted by Gasteiger charge is -2.11. The molecule has 1 heterocycles. The molecular formula is C12H15N5O2. The third-order valence-electron chi connectivity index (χ3n) is 2.88. The highest BCUT2D eigenvalue weighted by Crippen LogP contribution is 2.27. The second-order valence-electron chi connectivity index (χ2n) is 4.59. The van der Waals surface area contributed by atoms with Crippen molar-refractivity contribution < 1.29 is 4.92 Å². The number of hydrogen-bond donors (Lipinski definition) is 2.